The molecule has 0 unspecified atom stereocenters. The van der Waals surface area contributed by atoms with Crippen LogP contribution in [0.3, 0.4) is 0 Å². The summed E-state index contributed by atoms with van der Waals surface area (Å²) in [6.45, 7) is 12.4. The molecule has 1 fully saturated rings. The van der Waals surface area contributed by atoms with Crippen molar-refractivity contribution < 1.29 is 9.47 Å². The Morgan fingerprint density at radius 2 is 1.89 bits per heavy atom. The fraction of sp³-hybridized carbons (Fsp3) is 0.667. The fourth-order valence-corrected chi connectivity index (χ4v) is 3.13. The highest BCUT2D eigenvalue weighted by Crippen LogP contribution is 2.13. The molecule has 1 aliphatic rings. The van der Waals surface area contributed by atoms with Crippen LogP contribution in [0.2, 0.25) is 0 Å². The Labute approximate surface area is 187 Å². The molecule has 1 saturated heterocycles. The lowest BCUT2D eigenvalue weighted by atomic mass is 10.2. The molecule has 0 bridgehead atoms. The van der Waals surface area contributed by atoms with Gasteiger partial charge in [0.2, 0.25) is 0 Å². The molecule has 0 radical (unpaired) electrons. The topological polar surface area (TPSA) is 49.3 Å². The maximum atomic E-state index is 5.51. The Balaban J connectivity index is 0.00000392. The van der Waals surface area contributed by atoms with Gasteiger partial charge in [0.05, 0.1) is 19.8 Å². The monoisotopic (exact) mass is 504 g/mol. The van der Waals surface area contributed by atoms with Crippen molar-refractivity contribution >= 4 is 29.9 Å². The zero-order chi connectivity index (χ0) is 19.3. The number of rotatable bonds is 10. The predicted molar refractivity (Wildman–Crippen MR) is 127 cm³/mol. The van der Waals surface area contributed by atoms with Gasteiger partial charge in [-0.3, -0.25) is 9.89 Å². The quantitative estimate of drug-likeness (QED) is 0.230. The molecule has 1 aromatic carbocycles. The summed E-state index contributed by atoms with van der Waals surface area (Å²) in [5.41, 5.74) is 1.25. The van der Waals surface area contributed by atoms with Gasteiger partial charge in [-0.2, -0.15) is 0 Å². The number of hydrogen-bond donors (Lipinski definition) is 1. The van der Waals surface area contributed by atoms with Gasteiger partial charge in [-0.25, -0.2) is 0 Å². The molecule has 0 amide bonds. The van der Waals surface area contributed by atoms with Crippen molar-refractivity contribution in [1.29, 1.82) is 0 Å². The van der Waals surface area contributed by atoms with E-state index in [0.717, 1.165) is 70.6 Å². The average molecular weight is 504 g/mol. The van der Waals surface area contributed by atoms with E-state index in [1.165, 1.54) is 12.0 Å². The van der Waals surface area contributed by atoms with E-state index in [2.05, 4.69) is 41.2 Å². The summed E-state index contributed by atoms with van der Waals surface area (Å²) in [5, 5.41) is 3.40. The van der Waals surface area contributed by atoms with Crippen LogP contribution >= 0.6 is 24.0 Å². The van der Waals surface area contributed by atoms with Gasteiger partial charge in [0.15, 0.2) is 5.96 Å². The number of halogens is 1. The standard InChI is InChI=1S/C21H36N4O2.HI/c1-4-22-21(23-12-6-7-13-25-14-16-26-17-15-25)24(3)18-19-8-10-20(11-9-19)27-5-2;/h8-11H,4-7,12-18H2,1-3H3,(H,22,23);1H. The molecule has 1 N–H and O–H groups in total. The highest BCUT2D eigenvalue weighted by atomic mass is 127. The normalized spacial score (nSPS) is 15.0. The lowest BCUT2D eigenvalue weighted by Crippen LogP contribution is -2.38. The maximum absolute atomic E-state index is 5.51. The fourth-order valence-electron chi connectivity index (χ4n) is 3.13. The van der Waals surface area contributed by atoms with E-state index in [4.69, 9.17) is 14.5 Å². The van der Waals surface area contributed by atoms with Crippen molar-refractivity contribution in [3.05, 3.63) is 29.8 Å². The van der Waals surface area contributed by atoms with Crippen LogP contribution in [0.25, 0.3) is 0 Å². The molecule has 28 heavy (non-hydrogen) atoms. The summed E-state index contributed by atoms with van der Waals surface area (Å²) in [6, 6.07) is 8.30. The van der Waals surface area contributed by atoms with Gasteiger partial charge in [0, 0.05) is 39.8 Å². The summed E-state index contributed by atoms with van der Waals surface area (Å²) in [7, 11) is 2.09. The van der Waals surface area contributed by atoms with Gasteiger partial charge in [-0.1, -0.05) is 12.1 Å². The lowest BCUT2D eigenvalue weighted by Gasteiger charge is -2.26. The van der Waals surface area contributed by atoms with Crippen molar-refractivity contribution in [1.82, 2.24) is 15.1 Å². The van der Waals surface area contributed by atoms with Gasteiger partial charge in [0.25, 0.3) is 0 Å². The molecule has 0 saturated carbocycles. The largest absolute Gasteiger partial charge is 0.494 e. The Bertz CT molecular complexity index is 548. The molecule has 1 aromatic rings. The highest BCUT2D eigenvalue weighted by molar-refractivity contribution is 14.0. The first-order chi connectivity index (χ1) is 13.2. The summed E-state index contributed by atoms with van der Waals surface area (Å²) < 4.78 is 10.9. The Kier molecular flexibility index (Phi) is 13.3. The highest BCUT2D eigenvalue weighted by Gasteiger charge is 2.09. The minimum atomic E-state index is 0. The third-order valence-corrected chi connectivity index (χ3v) is 4.60. The summed E-state index contributed by atoms with van der Waals surface area (Å²) >= 11 is 0. The van der Waals surface area contributed by atoms with Gasteiger partial charge >= 0.3 is 0 Å². The number of benzene rings is 1. The number of guanidine groups is 1. The Hall–Kier alpha value is -1.06. The van der Waals surface area contributed by atoms with Crippen LogP contribution in [0, 0.1) is 0 Å². The summed E-state index contributed by atoms with van der Waals surface area (Å²) in [5.74, 6) is 1.89. The van der Waals surface area contributed by atoms with Crippen LogP contribution in [-0.4, -0.2) is 75.4 Å². The van der Waals surface area contributed by atoms with E-state index >= 15 is 0 Å². The number of unbranched alkanes of at least 4 members (excludes halogenated alkanes) is 1. The first kappa shape index (κ1) is 25.0. The predicted octanol–water partition coefficient (Wildman–Crippen LogP) is 3.21. The van der Waals surface area contributed by atoms with Gasteiger partial charge in [-0.15, -0.1) is 24.0 Å². The molecule has 6 nitrogen and oxygen atoms in total. The van der Waals surface area contributed by atoms with E-state index in [9.17, 15) is 0 Å². The minimum Gasteiger partial charge on any atom is -0.494 e. The first-order valence-electron chi connectivity index (χ1n) is 10.2. The van der Waals surface area contributed by atoms with Crippen LogP contribution < -0.4 is 10.1 Å². The summed E-state index contributed by atoms with van der Waals surface area (Å²) in [4.78, 5) is 9.47. The lowest BCUT2D eigenvalue weighted by molar-refractivity contribution is 0.0373. The SMILES string of the molecule is CCNC(=NCCCCN1CCOCC1)N(C)Cc1ccc(OCC)cc1.I. The second-order valence-corrected chi connectivity index (χ2v) is 6.83. The number of hydrogen-bond acceptors (Lipinski definition) is 4. The molecule has 7 heteroatoms. The van der Waals surface area contributed by atoms with Crippen LogP contribution in [0.4, 0.5) is 0 Å². The molecule has 0 atom stereocenters. The van der Waals surface area contributed by atoms with Crippen molar-refractivity contribution in [2.75, 3.05) is 59.6 Å². The second-order valence-electron chi connectivity index (χ2n) is 6.83. The number of aliphatic imine (C=N–C) groups is 1. The number of nitrogens with zero attached hydrogens (tertiary/aromatic N) is 3. The van der Waals surface area contributed by atoms with Gasteiger partial charge in [-0.05, 0) is 50.9 Å². The first-order valence-corrected chi connectivity index (χ1v) is 10.2. The van der Waals surface area contributed by atoms with Crippen LogP contribution in [-0.2, 0) is 11.3 Å². The smallest absolute Gasteiger partial charge is 0.193 e. The second kappa shape index (κ2) is 14.9. The molecule has 1 aliphatic heterocycles. The van der Waals surface area contributed by atoms with Crippen LogP contribution in [0.15, 0.2) is 29.3 Å². The van der Waals surface area contributed by atoms with E-state index in [1.807, 2.05) is 19.1 Å². The zero-order valence-electron chi connectivity index (χ0n) is 17.7. The van der Waals surface area contributed by atoms with E-state index in [1.54, 1.807) is 0 Å². The molecule has 0 aromatic heterocycles. The van der Waals surface area contributed by atoms with Crippen molar-refractivity contribution in [3.8, 4) is 5.75 Å². The van der Waals surface area contributed by atoms with E-state index in [0.29, 0.717) is 6.61 Å². The molecule has 160 valence electrons. The van der Waals surface area contributed by atoms with Crippen molar-refractivity contribution in [2.24, 2.45) is 4.99 Å². The molecular weight excluding hydrogens is 467 g/mol. The van der Waals surface area contributed by atoms with Crippen molar-refractivity contribution in [3.63, 3.8) is 0 Å². The van der Waals surface area contributed by atoms with Crippen LogP contribution in [0.5, 0.6) is 5.75 Å². The van der Waals surface area contributed by atoms with Crippen LogP contribution in [0.1, 0.15) is 32.3 Å². The van der Waals surface area contributed by atoms with E-state index in [-0.39, 0.29) is 24.0 Å². The number of ether oxygens (including phenoxy) is 2. The number of nitrogens with one attached hydrogen (secondary N) is 1. The van der Waals surface area contributed by atoms with Crippen molar-refractivity contribution in [2.45, 2.75) is 33.2 Å². The summed E-state index contributed by atoms with van der Waals surface area (Å²) in [6.07, 6.45) is 2.30. The average Bonchev–Trinajstić information content (AvgIpc) is 2.69. The van der Waals surface area contributed by atoms with Gasteiger partial charge < -0.3 is 19.7 Å². The van der Waals surface area contributed by atoms with Gasteiger partial charge in [0.1, 0.15) is 5.75 Å². The van der Waals surface area contributed by atoms with E-state index < -0.39 is 0 Å². The molecule has 0 spiro atoms. The molecule has 0 aliphatic carbocycles. The molecule has 1 heterocycles. The Morgan fingerprint density at radius 3 is 2.54 bits per heavy atom. The zero-order valence-corrected chi connectivity index (χ0v) is 20.0. The number of morpholine rings is 1. The third-order valence-electron chi connectivity index (χ3n) is 4.60. The third kappa shape index (κ3) is 9.43. The minimum absolute atomic E-state index is 0. The maximum Gasteiger partial charge on any atom is 0.193 e. The Morgan fingerprint density at radius 1 is 1.18 bits per heavy atom. The molecular formula is C21H37IN4O2. The molecule has 2 rings (SSSR count).